The molecule has 1 N–H and O–H groups in total. The third-order valence-electron chi connectivity index (χ3n) is 4.69. The number of ether oxygens (including phenoxy) is 1. The number of carbonyl (C=O) groups is 1. The van der Waals surface area contributed by atoms with Gasteiger partial charge in [-0.2, -0.15) is 0 Å². The Bertz CT molecular complexity index is 726. The zero-order valence-electron chi connectivity index (χ0n) is 15.0. The highest BCUT2D eigenvalue weighted by Gasteiger charge is 2.32. The average molecular weight is 357 g/mol. The molecular weight excluding hydrogens is 333 g/mol. The summed E-state index contributed by atoms with van der Waals surface area (Å²) in [5.74, 6) is 0.374. The number of benzene rings is 1. The lowest BCUT2D eigenvalue weighted by molar-refractivity contribution is -0.121. The predicted molar refractivity (Wildman–Crippen MR) is 95.8 cm³/mol. The predicted octanol–water partition coefficient (Wildman–Crippen LogP) is 3.28. The van der Waals surface area contributed by atoms with Crippen LogP contribution in [0.25, 0.3) is 0 Å². The summed E-state index contributed by atoms with van der Waals surface area (Å²) < 4.78 is 18.7. The van der Waals surface area contributed by atoms with Crippen molar-refractivity contribution >= 4 is 5.91 Å². The molecule has 26 heavy (non-hydrogen) atoms. The van der Waals surface area contributed by atoms with Crippen LogP contribution < -0.4 is 5.32 Å². The molecule has 0 bridgehead atoms. The van der Waals surface area contributed by atoms with Crippen molar-refractivity contribution in [1.82, 2.24) is 15.3 Å². The van der Waals surface area contributed by atoms with Gasteiger partial charge in [0.2, 0.25) is 5.91 Å². The third-order valence-corrected chi connectivity index (χ3v) is 4.69. The van der Waals surface area contributed by atoms with Crippen LogP contribution in [0.3, 0.4) is 0 Å². The minimum absolute atomic E-state index is 0.0547. The first-order chi connectivity index (χ1) is 12.5. The van der Waals surface area contributed by atoms with E-state index in [-0.39, 0.29) is 11.7 Å². The van der Waals surface area contributed by atoms with Gasteiger partial charge in [-0.15, -0.1) is 0 Å². The molecule has 2 heterocycles. The first kappa shape index (κ1) is 18.5. The van der Waals surface area contributed by atoms with E-state index in [1.807, 2.05) is 6.92 Å². The van der Waals surface area contributed by atoms with Gasteiger partial charge >= 0.3 is 0 Å². The van der Waals surface area contributed by atoms with Crippen molar-refractivity contribution in [3.05, 3.63) is 59.4 Å². The number of carbonyl (C=O) groups excluding carboxylic acids is 1. The van der Waals surface area contributed by atoms with Gasteiger partial charge in [-0.1, -0.05) is 12.1 Å². The van der Waals surface area contributed by atoms with Gasteiger partial charge in [0.1, 0.15) is 11.4 Å². The molecule has 0 aliphatic carbocycles. The smallest absolute Gasteiger partial charge is 0.220 e. The van der Waals surface area contributed by atoms with Crippen molar-refractivity contribution in [2.24, 2.45) is 0 Å². The van der Waals surface area contributed by atoms with Gasteiger partial charge in [0.15, 0.2) is 5.82 Å². The summed E-state index contributed by atoms with van der Waals surface area (Å²) in [6, 6.07) is 6.21. The first-order valence-electron chi connectivity index (χ1n) is 9.02. The number of aromatic nitrogens is 2. The Labute approximate surface area is 153 Å². The Morgan fingerprint density at radius 1 is 1.19 bits per heavy atom. The molecule has 1 aliphatic heterocycles. The van der Waals surface area contributed by atoms with Gasteiger partial charge in [-0.3, -0.25) is 4.79 Å². The van der Waals surface area contributed by atoms with Crippen LogP contribution in [0, 0.1) is 5.82 Å². The van der Waals surface area contributed by atoms with Crippen LogP contribution in [-0.2, 0) is 28.1 Å². The number of halogens is 1. The standard InChI is InChI=1S/C20H24FN3O2/c1-20(10-2-3-11-26-20)19-23-13-16(14-24-19)12-22-18(25)9-6-15-4-7-17(21)8-5-15/h4-5,7-8,13-14H,2-3,6,9-12H2,1H3,(H,22,25)/t20-/m0/s1. The number of nitrogens with one attached hydrogen (secondary N) is 1. The van der Waals surface area contributed by atoms with Crippen LogP contribution in [0.15, 0.2) is 36.7 Å². The van der Waals surface area contributed by atoms with Crippen LogP contribution >= 0.6 is 0 Å². The topological polar surface area (TPSA) is 64.1 Å². The van der Waals surface area contributed by atoms with E-state index in [1.165, 1.54) is 12.1 Å². The zero-order chi connectivity index (χ0) is 18.4. The molecule has 1 amide bonds. The molecule has 138 valence electrons. The number of hydrogen-bond acceptors (Lipinski definition) is 4. The number of nitrogens with zero attached hydrogens (tertiary/aromatic N) is 2. The van der Waals surface area contributed by atoms with Gasteiger partial charge in [-0.25, -0.2) is 14.4 Å². The van der Waals surface area contributed by atoms with Crippen molar-refractivity contribution in [2.75, 3.05) is 6.61 Å². The second-order valence-electron chi connectivity index (χ2n) is 6.85. The molecule has 0 radical (unpaired) electrons. The van der Waals surface area contributed by atoms with Crippen LogP contribution in [0.1, 0.15) is 49.6 Å². The first-order valence-corrected chi connectivity index (χ1v) is 9.02. The molecule has 1 aromatic heterocycles. The van der Waals surface area contributed by atoms with Crippen molar-refractivity contribution in [1.29, 1.82) is 0 Å². The Hall–Kier alpha value is -2.34. The maximum atomic E-state index is 12.9. The normalized spacial score (nSPS) is 19.9. The molecule has 0 unspecified atom stereocenters. The summed E-state index contributed by atoms with van der Waals surface area (Å²) in [5, 5.41) is 2.86. The lowest BCUT2D eigenvalue weighted by atomic mass is 9.95. The molecule has 5 nitrogen and oxygen atoms in total. The molecular formula is C20H24FN3O2. The quantitative estimate of drug-likeness (QED) is 0.862. The highest BCUT2D eigenvalue weighted by Crippen LogP contribution is 2.32. The molecule has 1 aliphatic rings. The third kappa shape index (κ3) is 4.85. The Morgan fingerprint density at radius 2 is 1.92 bits per heavy atom. The summed E-state index contributed by atoms with van der Waals surface area (Å²) in [4.78, 5) is 20.8. The van der Waals surface area contributed by atoms with Gasteiger partial charge in [0.25, 0.3) is 0 Å². The molecule has 0 saturated carbocycles. The zero-order valence-corrected chi connectivity index (χ0v) is 15.0. The fraction of sp³-hybridized carbons (Fsp3) is 0.450. The van der Waals surface area contributed by atoms with Crippen LogP contribution in [0.4, 0.5) is 4.39 Å². The van der Waals surface area contributed by atoms with Crippen molar-refractivity contribution < 1.29 is 13.9 Å². The summed E-state index contributed by atoms with van der Waals surface area (Å²) in [6.07, 6.45) is 7.54. The van der Waals surface area contributed by atoms with Crippen molar-refractivity contribution in [3.8, 4) is 0 Å². The average Bonchev–Trinajstić information content (AvgIpc) is 2.67. The fourth-order valence-electron chi connectivity index (χ4n) is 3.03. The molecule has 3 rings (SSSR count). The number of rotatable bonds is 6. The van der Waals surface area contributed by atoms with E-state index in [4.69, 9.17) is 4.74 Å². The minimum Gasteiger partial charge on any atom is -0.367 e. The van der Waals surface area contributed by atoms with E-state index in [1.54, 1.807) is 24.5 Å². The maximum Gasteiger partial charge on any atom is 0.220 e. The highest BCUT2D eigenvalue weighted by atomic mass is 19.1. The largest absolute Gasteiger partial charge is 0.367 e. The van der Waals surface area contributed by atoms with E-state index in [9.17, 15) is 9.18 Å². The lowest BCUT2D eigenvalue weighted by Gasteiger charge is -2.32. The number of hydrogen-bond donors (Lipinski definition) is 1. The monoisotopic (exact) mass is 357 g/mol. The van der Waals surface area contributed by atoms with E-state index in [0.717, 1.165) is 37.0 Å². The van der Waals surface area contributed by atoms with E-state index < -0.39 is 5.60 Å². The summed E-state index contributed by atoms with van der Waals surface area (Å²) in [5.41, 5.74) is 1.38. The van der Waals surface area contributed by atoms with Crippen molar-refractivity contribution in [3.63, 3.8) is 0 Å². The Kier molecular flexibility index (Phi) is 5.93. The Morgan fingerprint density at radius 3 is 2.58 bits per heavy atom. The fourth-order valence-corrected chi connectivity index (χ4v) is 3.03. The summed E-state index contributed by atoms with van der Waals surface area (Å²) >= 11 is 0. The molecule has 1 fully saturated rings. The van der Waals surface area contributed by atoms with Gasteiger partial charge in [0.05, 0.1) is 0 Å². The molecule has 1 saturated heterocycles. The van der Waals surface area contributed by atoms with Crippen molar-refractivity contribution in [2.45, 2.75) is 51.2 Å². The molecule has 2 aromatic rings. The van der Waals surface area contributed by atoms with E-state index in [2.05, 4.69) is 15.3 Å². The highest BCUT2D eigenvalue weighted by molar-refractivity contribution is 5.76. The van der Waals surface area contributed by atoms with E-state index >= 15 is 0 Å². The maximum absolute atomic E-state index is 12.9. The van der Waals surface area contributed by atoms with E-state index in [0.29, 0.717) is 25.2 Å². The van der Waals surface area contributed by atoms with Crippen LogP contribution in [0.5, 0.6) is 0 Å². The minimum atomic E-state index is -0.408. The summed E-state index contributed by atoms with van der Waals surface area (Å²) in [7, 11) is 0. The van der Waals surface area contributed by atoms with Gasteiger partial charge in [0, 0.05) is 37.5 Å². The number of amides is 1. The lowest BCUT2D eigenvalue weighted by Crippen LogP contribution is -2.32. The van der Waals surface area contributed by atoms with Gasteiger partial charge in [-0.05, 0) is 50.3 Å². The molecule has 1 atom stereocenters. The van der Waals surface area contributed by atoms with Crippen LogP contribution in [-0.4, -0.2) is 22.5 Å². The second kappa shape index (κ2) is 8.36. The molecule has 6 heteroatoms. The Balaban J connectivity index is 1.46. The van der Waals surface area contributed by atoms with Crippen LogP contribution in [0.2, 0.25) is 0 Å². The molecule has 0 spiro atoms. The number of aryl methyl sites for hydroxylation is 1. The summed E-state index contributed by atoms with van der Waals surface area (Å²) in [6.45, 7) is 3.16. The SMILES string of the molecule is C[C@@]1(c2ncc(CNC(=O)CCc3ccc(F)cc3)cn2)CCCCO1. The second-order valence-corrected chi connectivity index (χ2v) is 6.85. The van der Waals surface area contributed by atoms with Gasteiger partial charge < -0.3 is 10.1 Å². The molecule has 1 aromatic carbocycles.